The lowest BCUT2D eigenvalue weighted by Crippen LogP contribution is -2.33. The molecule has 1 aromatic rings. The van der Waals surface area contributed by atoms with E-state index in [1.54, 1.807) is 0 Å². The van der Waals surface area contributed by atoms with Crippen molar-refractivity contribution in [3.05, 3.63) is 35.9 Å². The minimum Gasteiger partial charge on any atom is -0.593 e. The van der Waals surface area contributed by atoms with E-state index < -0.39 is 11.4 Å². The maximum atomic E-state index is 12.2. The first kappa shape index (κ1) is 17.2. The van der Waals surface area contributed by atoms with Gasteiger partial charge in [0.05, 0.1) is 17.9 Å². The van der Waals surface area contributed by atoms with Gasteiger partial charge in [0.2, 0.25) is 0 Å². The summed E-state index contributed by atoms with van der Waals surface area (Å²) < 4.78 is 15.3. The smallest absolute Gasteiger partial charge is 0.174 e. The van der Waals surface area contributed by atoms with E-state index in [0.29, 0.717) is 0 Å². The van der Waals surface area contributed by atoms with Gasteiger partial charge in [0.25, 0.3) is 0 Å². The molecule has 20 heavy (non-hydrogen) atoms. The van der Waals surface area contributed by atoms with E-state index in [4.69, 9.17) is 0 Å². The molecule has 0 fully saturated rings. The molecule has 112 valence electrons. The van der Waals surface area contributed by atoms with Crippen LogP contribution in [0, 0.1) is 6.92 Å². The second kappa shape index (κ2) is 8.47. The van der Waals surface area contributed by atoms with E-state index in [1.165, 1.54) is 5.56 Å². The zero-order valence-corrected chi connectivity index (χ0v) is 13.8. The van der Waals surface area contributed by atoms with Crippen molar-refractivity contribution in [2.75, 3.05) is 26.7 Å². The van der Waals surface area contributed by atoms with E-state index >= 15 is 0 Å². The summed E-state index contributed by atoms with van der Waals surface area (Å²) in [5.41, 5.74) is 3.26. The monoisotopic (exact) mass is 294 g/mol. The SMILES string of the molecule is C=C(C)c1cc([S+]([O-])NCCN(C)CCC)ccc1C. The van der Waals surface area contributed by atoms with Gasteiger partial charge in [0.1, 0.15) is 0 Å². The van der Waals surface area contributed by atoms with Crippen LogP contribution in [0.25, 0.3) is 5.57 Å². The average Bonchev–Trinajstić information content (AvgIpc) is 2.39. The lowest BCUT2D eigenvalue weighted by molar-refractivity contribution is 0.339. The third kappa shape index (κ3) is 5.29. The fraction of sp³-hybridized carbons (Fsp3) is 0.500. The molecule has 1 atom stereocenters. The fourth-order valence-electron chi connectivity index (χ4n) is 2.08. The summed E-state index contributed by atoms with van der Waals surface area (Å²) in [7, 11) is 2.08. The minimum atomic E-state index is -1.16. The van der Waals surface area contributed by atoms with Crippen LogP contribution in [0.15, 0.2) is 29.7 Å². The first-order valence-electron chi connectivity index (χ1n) is 7.06. The van der Waals surface area contributed by atoms with Gasteiger partial charge in [-0.25, -0.2) is 0 Å². The van der Waals surface area contributed by atoms with Crippen LogP contribution in [0.4, 0.5) is 0 Å². The van der Waals surface area contributed by atoms with Crippen molar-refractivity contribution in [3.8, 4) is 0 Å². The van der Waals surface area contributed by atoms with E-state index in [9.17, 15) is 4.55 Å². The number of rotatable bonds is 8. The van der Waals surface area contributed by atoms with Gasteiger partial charge < -0.3 is 9.45 Å². The Kier molecular flexibility index (Phi) is 7.30. The van der Waals surface area contributed by atoms with Crippen molar-refractivity contribution in [2.24, 2.45) is 0 Å². The molecule has 0 aliphatic rings. The molecule has 0 radical (unpaired) electrons. The Labute approximate surface area is 126 Å². The van der Waals surface area contributed by atoms with Crippen LogP contribution in [0.1, 0.15) is 31.4 Å². The second-order valence-corrected chi connectivity index (χ2v) is 6.52. The summed E-state index contributed by atoms with van der Waals surface area (Å²) >= 11 is -1.16. The molecule has 0 saturated heterocycles. The Bertz CT molecular complexity index is 448. The lowest BCUT2D eigenvalue weighted by Gasteiger charge is -2.17. The molecule has 0 aliphatic carbocycles. The molecule has 0 saturated carbocycles. The van der Waals surface area contributed by atoms with Crippen molar-refractivity contribution in [3.63, 3.8) is 0 Å². The normalized spacial score (nSPS) is 12.7. The Hall–Kier alpha value is -0.810. The third-order valence-electron chi connectivity index (χ3n) is 3.21. The number of allylic oxidation sites excluding steroid dienone is 1. The molecule has 0 heterocycles. The molecule has 0 bridgehead atoms. The van der Waals surface area contributed by atoms with Crippen LogP contribution >= 0.6 is 0 Å². The molecule has 0 spiro atoms. The maximum Gasteiger partial charge on any atom is 0.174 e. The number of benzene rings is 1. The Morgan fingerprint density at radius 3 is 2.70 bits per heavy atom. The average molecular weight is 294 g/mol. The van der Waals surface area contributed by atoms with Gasteiger partial charge in [-0.1, -0.05) is 25.1 Å². The van der Waals surface area contributed by atoms with Crippen LogP contribution < -0.4 is 4.72 Å². The molecule has 0 aromatic heterocycles. The van der Waals surface area contributed by atoms with Crippen molar-refractivity contribution < 1.29 is 4.55 Å². The molecule has 0 amide bonds. The zero-order chi connectivity index (χ0) is 15.1. The Morgan fingerprint density at radius 2 is 2.10 bits per heavy atom. The molecule has 1 rings (SSSR count). The van der Waals surface area contributed by atoms with Crippen LogP contribution in [0.3, 0.4) is 0 Å². The quantitative estimate of drug-likeness (QED) is 0.749. The molecule has 3 nitrogen and oxygen atoms in total. The summed E-state index contributed by atoms with van der Waals surface area (Å²) in [6.07, 6.45) is 1.14. The number of nitrogens with one attached hydrogen (secondary N) is 1. The maximum absolute atomic E-state index is 12.2. The van der Waals surface area contributed by atoms with Crippen LogP contribution in [0.5, 0.6) is 0 Å². The van der Waals surface area contributed by atoms with Gasteiger partial charge in [-0.2, -0.15) is 0 Å². The molecule has 4 heteroatoms. The van der Waals surface area contributed by atoms with Crippen LogP contribution in [-0.2, 0) is 11.4 Å². The van der Waals surface area contributed by atoms with Gasteiger partial charge in [-0.05, 0) is 51.1 Å². The van der Waals surface area contributed by atoms with Crippen LogP contribution in [-0.4, -0.2) is 36.1 Å². The molecule has 0 aliphatic heterocycles. The number of aryl methyl sites for hydroxylation is 1. The lowest BCUT2D eigenvalue weighted by atomic mass is 10.0. The first-order valence-corrected chi connectivity index (χ1v) is 8.21. The Morgan fingerprint density at radius 1 is 1.40 bits per heavy atom. The van der Waals surface area contributed by atoms with Crippen molar-refractivity contribution in [1.82, 2.24) is 9.62 Å². The number of hydrogen-bond acceptors (Lipinski definition) is 3. The van der Waals surface area contributed by atoms with Crippen LogP contribution in [0.2, 0.25) is 0 Å². The number of nitrogens with zero attached hydrogens (tertiary/aromatic N) is 1. The van der Waals surface area contributed by atoms with Gasteiger partial charge >= 0.3 is 0 Å². The van der Waals surface area contributed by atoms with E-state index in [0.717, 1.165) is 42.1 Å². The summed E-state index contributed by atoms with van der Waals surface area (Å²) in [4.78, 5) is 3.05. The van der Waals surface area contributed by atoms with Gasteiger partial charge in [0, 0.05) is 12.6 Å². The van der Waals surface area contributed by atoms with E-state index in [1.807, 2.05) is 32.0 Å². The minimum absolute atomic E-state index is 0.722. The molecular weight excluding hydrogens is 268 g/mol. The zero-order valence-electron chi connectivity index (χ0n) is 13.0. The summed E-state index contributed by atoms with van der Waals surface area (Å²) in [5.74, 6) is 0. The highest BCUT2D eigenvalue weighted by molar-refractivity contribution is 7.89. The largest absolute Gasteiger partial charge is 0.593 e. The van der Waals surface area contributed by atoms with Crippen molar-refractivity contribution in [2.45, 2.75) is 32.1 Å². The highest BCUT2D eigenvalue weighted by Gasteiger charge is 2.13. The van der Waals surface area contributed by atoms with Gasteiger partial charge in [0.15, 0.2) is 4.90 Å². The number of likely N-dealkylation sites (N-methyl/N-ethyl adjacent to an activating group) is 1. The third-order valence-corrected chi connectivity index (χ3v) is 4.36. The fourth-order valence-corrected chi connectivity index (χ4v) is 2.94. The summed E-state index contributed by atoms with van der Waals surface area (Å²) in [6.45, 7) is 12.8. The highest BCUT2D eigenvalue weighted by Crippen LogP contribution is 2.21. The predicted octanol–water partition coefficient (Wildman–Crippen LogP) is 2.98. The standard InChI is InChI=1S/C16H26N2OS/c1-6-10-18(5)11-9-17-20(19)15-8-7-14(4)16(12-15)13(2)3/h7-8,12,17H,2,6,9-11H2,1,3-5H3. The topological polar surface area (TPSA) is 38.3 Å². The van der Waals surface area contributed by atoms with Crippen molar-refractivity contribution in [1.29, 1.82) is 0 Å². The summed E-state index contributed by atoms with van der Waals surface area (Å²) in [5, 5.41) is 0. The highest BCUT2D eigenvalue weighted by atomic mass is 32.2. The molecule has 1 N–H and O–H groups in total. The van der Waals surface area contributed by atoms with E-state index in [2.05, 4.69) is 30.2 Å². The summed E-state index contributed by atoms with van der Waals surface area (Å²) in [6, 6.07) is 5.89. The van der Waals surface area contributed by atoms with Gasteiger partial charge in [-0.3, -0.25) is 0 Å². The predicted molar refractivity (Wildman–Crippen MR) is 88.1 cm³/mol. The number of hydrogen-bond donors (Lipinski definition) is 1. The van der Waals surface area contributed by atoms with E-state index in [-0.39, 0.29) is 0 Å². The molecular formula is C16H26N2OS. The molecule has 1 aromatic carbocycles. The van der Waals surface area contributed by atoms with Crippen molar-refractivity contribution >= 4 is 16.9 Å². The first-order chi connectivity index (χ1) is 9.45. The Balaban J connectivity index is 2.57. The molecule has 1 unspecified atom stereocenters. The van der Waals surface area contributed by atoms with Gasteiger partial charge in [-0.15, -0.1) is 4.72 Å². The second-order valence-electron chi connectivity index (χ2n) is 5.22.